The fraction of sp³-hybridized carbons (Fsp3) is 0.500. The molecule has 20 heavy (non-hydrogen) atoms. The van der Waals surface area contributed by atoms with Crippen molar-refractivity contribution in [2.75, 3.05) is 13.1 Å². The highest BCUT2D eigenvalue weighted by Crippen LogP contribution is 2.13. The van der Waals surface area contributed by atoms with Crippen molar-refractivity contribution in [3.63, 3.8) is 0 Å². The molecule has 1 unspecified atom stereocenters. The van der Waals surface area contributed by atoms with E-state index in [9.17, 15) is 13.6 Å². The summed E-state index contributed by atoms with van der Waals surface area (Å²) in [6.45, 7) is 1.60. The van der Waals surface area contributed by atoms with Crippen LogP contribution in [-0.2, 0) is 11.2 Å². The van der Waals surface area contributed by atoms with Crippen molar-refractivity contribution in [1.82, 2.24) is 10.6 Å². The molecule has 0 radical (unpaired) electrons. The van der Waals surface area contributed by atoms with E-state index >= 15 is 0 Å². The van der Waals surface area contributed by atoms with Crippen molar-refractivity contribution in [3.8, 4) is 0 Å². The molecule has 1 aromatic rings. The van der Waals surface area contributed by atoms with E-state index in [1.165, 1.54) is 12.1 Å². The lowest BCUT2D eigenvalue weighted by molar-refractivity contribution is -0.121. The van der Waals surface area contributed by atoms with Crippen LogP contribution < -0.4 is 10.6 Å². The summed E-state index contributed by atoms with van der Waals surface area (Å²) in [6.07, 6.45) is 2.59. The minimum absolute atomic E-state index is 0. The number of benzene rings is 1. The van der Waals surface area contributed by atoms with Crippen LogP contribution in [0.4, 0.5) is 8.78 Å². The van der Waals surface area contributed by atoms with E-state index in [1.807, 2.05) is 0 Å². The van der Waals surface area contributed by atoms with Crippen molar-refractivity contribution in [2.24, 2.45) is 0 Å². The lowest BCUT2D eigenvalue weighted by atomic mass is 10.1. The third-order valence-electron chi connectivity index (χ3n) is 3.36. The minimum Gasteiger partial charge on any atom is -0.355 e. The van der Waals surface area contributed by atoms with Crippen LogP contribution in [0, 0.1) is 11.6 Å². The number of carbonyl (C=O) groups excluding carboxylic acids is 1. The lowest BCUT2D eigenvalue weighted by Gasteiger charge is -2.11. The highest BCUT2D eigenvalue weighted by molar-refractivity contribution is 5.85. The Labute approximate surface area is 123 Å². The first-order valence-corrected chi connectivity index (χ1v) is 6.60. The zero-order valence-corrected chi connectivity index (χ0v) is 11.9. The molecule has 1 fully saturated rings. The summed E-state index contributed by atoms with van der Waals surface area (Å²) >= 11 is 0. The number of hydrogen-bond donors (Lipinski definition) is 2. The van der Waals surface area contributed by atoms with Crippen LogP contribution >= 0.6 is 12.4 Å². The molecule has 1 aromatic carbocycles. The predicted octanol–water partition coefficient (Wildman–Crippen LogP) is 2.19. The average molecular weight is 305 g/mol. The van der Waals surface area contributed by atoms with Gasteiger partial charge in [0, 0.05) is 19.0 Å². The molecule has 0 aliphatic carbocycles. The summed E-state index contributed by atoms with van der Waals surface area (Å²) in [7, 11) is 0. The van der Waals surface area contributed by atoms with Crippen LogP contribution in [0.25, 0.3) is 0 Å². The molecule has 2 N–H and O–H groups in total. The van der Waals surface area contributed by atoms with Crippen molar-refractivity contribution in [1.29, 1.82) is 0 Å². The van der Waals surface area contributed by atoms with E-state index in [0.717, 1.165) is 25.5 Å². The molecular weight excluding hydrogens is 286 g/mol. The van der Waals surface area contributed by atoms with Gasteiger partial charge >= 0.3 is 0 Å². The van der Waals surface area contributed by atoms with E-state index in [-0.39, 0.29) is 36.7 Å². The maximum absolute atomic E-state index is 13.4. The lowest BCUT2D eigenvalue weighted by Crippen LogP contribution is -2.37. The summed E-state index contributed by atoms with van der Waals surface area (Å²) < 4.78 is 26.3. The Bertz CT molecular complexity index is 451. The van der Waals surface area contributed by atoms with Crippen molar-refractivity contribution >= 4 is 18.3 Å². The summed E-state index contributed by atoms with van der Waals surface area (Å²) in [5, 5.41) is 6.09. The quantitative estimate of drug-likeness (QED) is 0.875. The van der Waals surface area contributed by atoms with Crippen LogP contribution in [0.2, 0.25) is 0 Å². The molecule has 112 valence electrons. The number of amides is 1. The van der Waals surface area contributed by atoms with Gasteiger partial charge in [0.15, 0.2) is 11.6 Å². The SMILES string of the molecule is Cl.O=C(CCc1cccc(F)c1F)NCC1CCCN1. The van der Waals surface area contributed by atoms with Gasteiger partial charge in [0.1, 0.15) is 0 Å². The first kappa shape index (κ1) is 16.9. The molecular formula is C14H19ClF2N2O. The Hall–Kier alpha value is -1.20. The second-order valence-electron chi connectivity index (χ2n) is 4.81. The van der Waals surface area contributed by atoms with Crippen LogP contribution in [0.1, 0.15) is 24.8 Å². The second kappa shape index (κ2) is 8.17. The monoisotopic (exact) mass is 304 g/mol. The van der Waals surface area contributed by atoms with Gasteiger partial charge in [-0.1, -0.05) is 12.1 Å². The first-order chi connectivity index (χ1) is 9.16. The Kier molecular flexibility index (Phi) is 6.88. The van der Waals surface area contributed by atoms with Crippen LogP contribution in [0.15, 0.2) is 18.2 Å². The second-order valence-corrected chi connectivity index (χ2v) is 4.81. The van der Waals surface area contributed by atoms with Gasteiger partial charge < -0.3 is 10.6 Å². The normalized spacial score (nSPS) is 17.6. The minimum atomic E-state index is -0.868. The first-order valence-electron chi connectivity index (χ1n) is 6.60. The highest BCUT2D eigenvalue weighted by atomic mass is 35.5. The van der Waals surface area contributed by atoms with E-state index < -0.39 is 11.6 Å². The predicted molar refractivity (Wildman–Crippen MR) is 76.0 cm³/mol. The number of hydrogen-bond acceptors (Lipinski definition) is 2. The highest BCUT2D eigenvalue weighted by Gasteiger charge is 2.15. The molecule has 1 amide bonds. The molecule has 1 heterocycles. The van der Waals surface area contributed by atoms with Crippen molar-refractivity contribution in [2.45, 2.75) is 31.7 Å². The molecule has 0 aromatic heterocycles. The van der Waals surface area contributed by atoms with Gasteiger partial charge in [-0.05, 0) is 37.4 Å². The van der Waals surface area contributed by atoms with E-state index in [2.05, 4.69) is 10.6 Å². The standard InChI is InChI=1S/C14H18F2N2O.ClH/c15-12-5-1-3-10(14(12)16)6-7-13(19)18-9-11-4-2-8-17-11;/h1,3,5,11,17H,2,4,6-9H2,(H,18,19);1H. The van der Waals surface area contributed by atoms with Crippen molar-refractivity contribution in [3.05, 3.63) is 35.4 Å². The molecule has 1 saturated heterocycles. The van der Waals surface area contributed by atoms with E-state index in [0.29, 0.717) is 12.6 Å². The molecule has 1 atom stereocenters. The molecule has 6 heteroatoms. The molecule has 1 aliphatic heterocycles. The third-order valence-corrected chi connectivity index (χ3v) is 3.36. The summed E-state index contributed by atoms with van der Waals surface area (Å²) in [5.41, 5.74) is 0.245. The Morgan fingerprint density at radius 1 is 1.40 bits per heavy atom. The van der Waals surface area contributed by atoms with Crippen molar-refractivity contribution < 1.29 is 13.6 Å². The van der Waals surface area contributed by atoms with Gasteiger partial charge in [-0.15, -0.1) is 12.4 Å². The van der Waals surface area contributed by atoms with E-state index in [1.54, 1.807) is 0 Å². The zero-order chi connectivity index (χ0) is 13.7. The number of carbonyl (C=O) groups is 1. The molecule has 1 aliphatic rings. The average Bonchev–Trinajstić information content (AvgIpc) is 2.91. The van der Waals surface area contributed by atoms with Gasteiger partial charge in [-0.25, -0.2) is 8.78 Å². The fourth-order valence-corrected chi connectivity index (χ4v) is 2.25. The zero-order valence-electron chi connectivity index (χ0n) is 11.1. The van der Waals surface area contributed by atoms with E-state index in [4.69, 9.17) is 0 Å². The van der Waals surface area contributed by atoms with Gasteiger partial charge in [-0.3, -0.25) is 4.79 Å². The number of rotatable bonds is 5. The maximum atomic E-state index is 13.4. The van der Waals surface area contributed by atoms with Crippen LogP contribution in [0.5, 0.6) is 0 Å². The van der Waals surface area contributed by atoms with Gasteiger partial charge in [0.25, 0.3) is 0 Å². The number of nitrogens with one attached hydrogen (secondary N) is 2. The van der Waals surface area contributed by atoms with Crippen LogP contribution in [-0.4, -0.2) is 25.0 Å². The molecule has 0 saturated carbocycles. The summed E-state index contributed by atoms with van der Waals surface area (Å²) in [6, 6.07) is 4.37. The number of halogens is 3. The van der Waals surface area contributed by atoms with Gasteiger partial charge in [-0.2, -0.15) is 0 Å². The largest absolute Gasteiger partial charge is 0.355 e. The smallest absolute Gasteiger partial charge is 0.220 e. The summed E-state index contributed by atoms with van der Waals surface area (Å²) in [4.78, 5) is 11.6. The number of aryl methyl sites for hydroxylation is 1. The Balaban J connectivity index is 0.00000200. The fourth-order valence-electron chi connectivity index (χ4n) is 2.25. The molecule has 2 rings (SSSR count). The Morgan fingerprint density at radius 2 is 2.20 bits per heavy atom. The molecule has 0 spiro atoms. The molecule has 0 bridgehead atoms. The van der Waals surface area contributed by atoms with Gasteiger partial charge in [0.05, 0.1) is 0 Å². The van der Waals surface area contributed by atoms with Gasteiger partial charge in [0.2, 0.25) is 5.91 Å². The maximum Gasteiger partial charge on any atom is 0.220 e. The topological polar surface area (TPSA) is 41.1 Å². The summed E-state index contributed by atoms with van der Waals surface area (Å²) in [5.74, 6) is -1.85. The Morgan fingerprint density at radius 3 is 2.90 bits per heavy atom. The van der Waals surface area contributed by atoms with Crippen LogP contribution in [0.3, 0.4) is 0 Å². The third kappa shape index (κ3) is 4.72. The molecule has 3 nitrogen and oxygen atoms in total.